The number of hydrogen-bond donors (Lipinski definition) is 3. The summed E-state index contributed by atoms with van der Waals surface area (Å²) in [4.78, 5) is 18.4. The SMILES string of the molecule is Cc1onc(CO)c1CN(C)Cc1csc(NC(=O)NCc2cccc(F)c2)n1. The lowest BCUT2D eigenvalue weighted by molar-refractivity contribution is 0.251. The Morgan fingerprint density at radius 1 is 1.38 bits per heavy atom. The van der Waals surface area contributed by atoms with Gasteiger partial charge in [0, 0.05) is 30.6 Å². The smallest absolute Gasteiger partial charge is 0.321 e. The summed E-state index contributed by atoms with van der Waals surface area (Å²) in [5.74, 6) is 0.336. The molecular weight excluding hydrogens is 397 g/mol. The van der Waals surface area contributed by atoms with Crippen LogP contribution < -0.4 is 10.6 Å². The highest BCUT2D eigenvalue weighted by Crippen LogP contribution is 2.19. The van der Waals surface area contributed by atoms with Gasteiger partial charge in [-0.1, -0.05) is 17.3 Å². The molecule has 0 aliphatic carbocycles. The first-order chi connectivity index (χ1) is 13.9. The van der Waals surface area contributed by atoms with Crippen molar-refractivity contribution in [3.63, 3.8) is 0 Å². The van der Waals surface area contributed by atoms with E-state index in [4.69, 9.17) is 4.52 Å². The van der Waals surface area contributed by atoms with E-state index in [2.05, 4.69) is 20.8 Å². The number of hydrogen-bond acceptors (Lipinski definition) is 7. The maximum absolute atomic E-state index is 13.2. The van der Waals surface area contributed by atoms with Crippen molar-refractivity contribution >= 4 is 22.5 Å². The van der Waals surface area contributed by atoms with Crippen molar-refractivity contribution < 1.29 is 18.8 Å². The van der Waals surface area contributed by atoms with Crippen LogP contribution in [0, 0.1) is 12.7 Å². The van der Waals surface area contributed by atoms with Crippen molar-refractivity contribution in [3.8, 4) is 0 Å². The van der Waals surface area contributed by atoms with Crippen molar-refractivity contribution in [1.29, 1.82) is 0 Å². The number of nitrogens with zero attached hydrogens (tertiary/aromatic N) is 3. The summed E-state index contributed by atoms with van der Waals surface area (Å²) < 4.78 is 18.3. The van der Waals surface area contributed by atoms with Gasteiger partial charge < -0.3 is 14.9 Å². The zero-order valence-electron chi connectivity index (χ0n) is 16.1. The summed E-state index contributed by atoms with van der Waals surface area (Å²) >= 11 is 1.32. The minimum absolute atomic E-state index is 0.171. The molecular formula is C19H22FN5O3S. The summed E-state index contributed by atoms with van der Waals surface area (Å²) in [6.45, 7) is 2.96. The number of thiazole rings is 1. The molecule has 29 heavy (non-hydrogen) atoms. The van der Waals surface area contributed by atoms with Crippen molar-refractivity contribution in [2.45, 2.75) is 33.2 Å². The second-order valence-corrected chi connectivity index (χ2v) is 7.43. The summed E-state index contributed by atoms with van der Waals surface area (Å²) in [7, 11) is 1.92. The van der Waals surface area contributed by atoms with E-state index in [1.807, 2.05) is 24.3 Å². The van der Waals surface area contributed by atoms with Gasteiger partial charge in [-0.2, -0.15) is 0 Å². The van der Waals surface area contributed by atoms with Crippen LogP contribution in [0.3, 0.4) is 0 Å². The lowest BCUT2D eigenvalue weighted by atomic mass is 10.2. The predicted octanol–water partition coefficient (Wildman–Crippen LogP) is 3.02. The number of carbonyl (C=O) groups is 1. The fourth-order valence-corrected chi connectivity index (χ4v) is 3.47. The number of anilines is 1. The molecule has 10 heteroatoms. The van der Waals surface area contributed by atoms with Gasteiger partial charge in [-0.25, -0.2) is 14.2 Å². The molecule has 3 aromatic rings. The van der Waals surface area contributed by atoms with Gasteiger partial charge in [0.15, 0.2) is 5.13 Å². The standard InChI is InChI=1S/C19H22FN5O3S/c1-12-16(17(10-26)24-28-12)9-25(2)8-15-11-29-19(22-15)23-18(27)21-7-13-4-3-5-14(20)6-13/h3-6,11,26H,7-10H2,1-2H3,(H2,21,22,23,27). The Bertz CT molecular complexity index is 974. The van der Waals surface area contributed by atoms with Gasteiger partial charge >= 0.3 is 6.03 Å². The van der Waals surface area contributed by atoms with Gasteiger partial charge in [0.25, 0.3) is 0 Å². The molecule has 2 amide bonds. The van der Waals surface area contributed by atoms with Gasteiger partial charge in [0.1, 0.15) is 17.3 Å². The molecule has 1 aromatic carbocycles. The Morgan fingerprint density at radius 2 is 2.21 bits per heavy atom. The third-order valence-corrected chi connectivity index (χ3v) is 5.00. The molecule has 2 heterocycles. The van der Waals surface area contributed by atoms with E-state index in [-0.39, 0.29) is 19.0 Å². The average molecular weight is 419 g/mol. The monoisotopic (exact) mass is 419 g/mol. The molecule has 0 aliphatic heterocycles. The van der Waals surface area contributed by atoms with Crippen LogP contribution in [0.2, 0.25) is 0 Å². The zero-order valence-corrected chi connectivity index (χ0v) is 16.9. The molecule has 0 fully saturated rings. The Balaban J connectivity index is 1.49. The number of carbonyl (C=O) groups excluding carboxylic acids is 1. The number of aromatic nitrogens is 2. The molecule has 8 nitrogen and oxygen atoms in total. The number of aliphatic hydroxyl groups is 1. The van der Waals surface area contributed by atoms with E-state index >= 15 is 0 Å². The molecule has 0 atom stereocenters. The van der Waals surface area contributed by atoms with E-state index in [9.17, 15) is 14.3 Å². The number of benzene rings is 1. The lowest BCUT2D eigenvalue weighted by Crippen LogP contribution is -2.28. The number of aryl methyl sites for hydroxylation is 1. The molecule has 3 N–H and O–H groups in total. The fourth-order valence-electron chi connectivity index (χ4n) is 2.77. The summed E-state index contributed by atoms with van der Waals surface area (Å²) in [6.07, 6.45) is 0. The molecule has 0 aliphatic rings. The minimum Gasteiger partial charge on any atom is -0.390 e. The molecule has 0 saturated carbocycles. The van der Waals surface area contributed by atoms with Gasteiger partial charge in [0.2, 0.25) is 0 Å². The molecule has 0 unspecified atom stereocenters. The van der Waals surface area contributed by atoms with Crippen molar-refractivity contribution in [2.75, 3.05) is 12.4 Å². The topological polar surface area (TPSA) is 104 Å². The molecule has 0 radical (unpaired) electrons. The van der Waals surface area contributed by atoms with Crippen LogP contribution in [0.4, 0.5) is 14.3 Å². The number of nitrogens with one attached hydrogen (secondary N) is 2. The number of aliphatic hydroxyl groups excluding tert-OH is 1. The lowest BCUT2D eigenvalue weighted by Gasteiger charge is -2.15. The van der Waals surface area contributed by atoms with Crippen LogP contribution in [-0.2, 0) is 26.2 Å². The highest BCUT2D eigenvalue weighted by Gasteiger charge is 2.15. The number of rotatable bonds is 8. The summed E-state index contributed by atoms with van der Waals surface area (Å²) in [5.41, 5.74) is 2.87. The van der Waals surface area contributed by atoms with Gasteiger partial charge in [-0.3, -0.25) is 10.2 Å². The highest BCUT2D eigenvalue weighted by atomic mass is 32.1. The number of urea groups is 1. The molecule has 2 aromatic heterocycles. The first kappa shape index (κ1) is 20.9. The van der Waals surface area contributed by atoms with Crippen LogP contribution in [0.25, 0.3) is 0 Å². The number of amides is 2. The minimum atomic E-state index is -0.406. The summed E-state index contributed by atoms with van der Waals surface area (Å²) in [6, 6.07) is 5.65. The van der Waals surface area contributed by atoms with Crippen LogP contribution >= 0.6 is 11.3 Å². The molecule has 154 valence electrons. The zero-order chi connectivity index (χ0) is 20.8. The molecule has 0 bridgehead atoms. The maximum Gasteiger partial charge on any atom is 0.321 e. The fraction of sp³-hybridized carbons (Fsp3) is 0.316. The average Bonchev–Trinajstić information content (AvgIpc) is 3.26. The van der Waals surface area contributed by atoms with E-state index < -0.39 is 6.03 Å². The highest BCUT2D eigenvalue weighted by molar-refractivity contribution is 7.13. The predicted molar refractivity (Wildman–Crippen MR) is 107 cm³/mol. The van der Waals surface area contributed by atoms with Crippen LogP contribution in [-0.4, -0.2) is 33.2 Å². The van der Waals surface area contributed by atoms with Gasteiger partial charge in [0.05, 0.1) is 12.3 Å². The van der Waals surface area contributed by atoms with E-state index in [0.29, 0.717) is 35.2 Å². The first-order valence-corrected chi connectivity index (χ1v) is 9.79. The van der Waals surface area contributed by atoms with Crippen molar-refractivity contribution in [3.05, 3.63) is 63.7 Å². The van der Waals surface area contributed by atoms with E-state index in [1.54, 1.807) is 12.1 Å². The Labute approximate surface area is 171 Å². The third-order valence-electron chi connectivity index (χ3n) is 4.19. The van der Waals surface area contributed by atoms with E-state index in [1.165, 1.54) is 23.5 Å². The van der Waals surface area contributed by atoms with Crippen LogP contribution in [0.15, 0.2) is 34.2 Å². The van der Waals surface area contributed by atoms with Crippen LogP contribution in [0.5, 0.6) is 0 Å². The second-order valence-electron chi connectivity index (χ2n) is 6.58. The Hall–Kier alpha value is -2.82. The normalized spacial score (nSPS) is 11.1. The first-order valence-electron chi connectivity index (χ1n) is 8.91. The second kappa shape index (κ2) is 9.59. The summed E-state index contributed by atoms with van der Waals surface area (Å²) in [5, 5.41) is 20.9. The molecule has 3 rings (SSSR count). The molecule has 0 spiro atoms. The van der Waals surface area contributed by atoms with Gasteiger partial charge in [-0.15, -0.1) is 11.3 Å². The van der Waals surface area contributed by atoms with Crippen LogP contribution in [0.1, 0.15) is 28.3 Å². The van der Waals surface area contributed by atoms with Gasteiger partial charge in [-0.05, 0) is 31.7 Å². The Morgan fingerprint density at radius 3 is 2.97 bits per heavy atom. The maximum atomic E-state index is 13.2. The number of halogens is 1. The van der Waals surface area contributed by atoms with Crippen molar-refractivity contribution in [2.24, 2.45) is 0 Å². The quantitative estimate of drug-likeness (QED) is 0.519. The molecule has 0 saturated heterocycles. The van der Waals surface area contributed by atoms with E-state index in [0.717, 1.165) is 11.3 Å². The van der Waals surface area contributed by atoms with Crippen molar-refractivity contribution in [1.82, 2.24) is 20.4 Å². The third kappa shape index (κ3) is 5.83. The largest absolute Gasteiger partial charge is 0.390 e. The Kier molecular flexibility index (Phi) is 6.91.